The Morgan fingerprint density at radius 1 is 1.00 bits per heavy atom. The average molecular weight is 434 g/mol. The second-order valence-electron chi connectivity index (χ2n) is 6.94. The van der Waals surface area contributed by atoms with Gasteiger partial charge in [0, 0.05) is 18.9 Å². The van der Waals surface area contributed by atoms with Crippen molar-refractivity contribution in [3.63, 3.8) is 0 Å². The first-order valence-electron chi connectivity index (χ1n) is 9.87. The van der Waals surface area contributed by atoms with Crippen molar-refractivity contribution in [2.75, 3.05) is 31.3 Å². The van der Waals surface area contributed by atoms with E-state index in [0.29, 0.717) is 31.4 Å². The highest BCUT2D eigenvalue weighted by Gasteiger charge is 2.15. The maximum absolute atomic E-state index is 12.3. The van der Waals surface area contributed by atoms with Gasteiger partial charge >= 0.3 is 0 Å². The first-order chi connectivity index (χ1) is 13.3. The lowest BCUT2D eigenvalue weighted by Crippen LogP contribution is -2.26. The van der Waals surface area contributed by atoms with E-state index < -0.39 is 19.9 Å². The van der Waals surface area contributed by atoms with Gasteiger partial charge in [0.05, 0.1) is 16.8 Å². The Balaban J connectivity index is 1.71. The molecule has 7 nitrogen and oxygen atoms in total. The zero-order valence-electron chi connectivity index (χ0n) is 16.4. The van der Waals surface area contributed by atoms with Gasteiger partial charge in [0.2, 0.25) is 10.0 Å². The van der Waals surface area contributed by atoms with Crippen molar-refractivity contribution in [1.82, 2.24) is 4.72 Å². The van der Waals surface area contributed by atoms with Crippen LogP contribution in [0, 0.1) is 0 Å². The van der Waals surface area contributed by atoms with E-state index in [4.69, 9.17) is 9.47 Å². The van der Waals surface area contributed by atoms with E-state index in [1.165, 1.54) is 43.5 Å². The van der Waals surface area contributed by atoms with Crippen molar-refractivity contribution in [2.24, 2.45) is 0 Å². The molecule has 0 unspecified atom stereocenters. The molecule has 9 heteroatoms. The summed E-state index contributed by atoms with van der Waals surface area (Å²) >= 11 is 0. The van der Waals surface area contributed by atoms with E-state index in [-0.39, 0.29) is 23.0 Å². The van der Waals surface area contributed by atoms with Crippen LogP contribution in [0.3, 0.4) is 0 Å². The Morgan fingerprint density at radius 2 is 1.68 bits per heavy atom. The summed E-state index contributed by atoms with van der Waals surface area (Å²) in [7, 11) is -6.67. The molecule has 2 rings (SSSR count). The topological polar surface area (TPSA) is 98.8 Å². The van der Waals surface area contributed by atoms with Gasteiger partial charge < -0.3 is 9.47 Å². The highest BCUT2D eigenvalue weighted by molar-refractivity contribution is 7.91. The SMILES string of the molecule is CCS(=O)(=O)CCOc1ccc(S(=O)(=O)NCCCOC2CCCCC2)cc1. The van der Waals surface area contributed by atoms with E-state index >= 15 is 0 Å². The first kappa shape index (κ1) is 23.1. The Morgan fingerprint density at radius 3 is 2.32 bits per heavy atom. The Bertz CT molecular complexity index is 784. The van der Waals surface area contributed by atoms with Crippen molar-refractivity contribution >= 4 is 19.9 Å². The summed E-state index contributed by atoms with van der Waals surface area (Å²) in [5.41, 5.74) is 0. The minimum atomic E-state index is -3.59. The molecule has 1 saturated carbocycles. The second kappa shape index (κ2) is 11.1. The van der Waals surface area contributed by atoms with Crippen LogP contribution in [0.25, 0.3) is 0 Å². The average Bonchev–Trinajstić information content (AvgIpc) is 2.69. The quantitative estimate of drug-likeness (QED) is 0.509. The molecule has 28 heavy (non-hydrogen) atoms. The van der Waals surface area contributed by atoms with Gasteiger partial charge in [-0.2, -0.15) is 0 Å². The van der Waals surface area contributed by atoms with Gasteiger partial charge in [-0.05, 0) is 43.5 Å². The fourth-order valence-electron chi connectivity index (χ4n) is 2.99. The Labute approximate surface area is 168 Å². The fourth-order valence-corrected chi connectivity index (χ4v) is 4.69. The van der Waals surface area contributed by atoms with Gasteiger partial charge in [0.1, 0.15) is 12.4 Å². The molecule has 1 aliphatic rings. The summed E-state index contributed by atoms with van der Waals surface area (Å²) in [6.45, 7) is 2.51. The van der Waals surface area contributed by atoms with Gasteiger partial charge in [-0.15, -0.1) is 0 Å². The molecule has 0 heterocycles. The molecule has 1 aromatic rings. The van der Waals surface area contributed by atoms with E-state index in [0.717, 1.165) is 12.8 Å². The molecule has 1 aliphatic carbocycles. The number of ether oxygens (including phenoxy) is 2. The molecule has 1 fully saturated rings. The molecule has 1 aromatic carbocycles. The van der Waals surface area contributed by atoms with Gasteiger partial charge in [-0.25, -0.2) is 21.6 Å². The van der Waals surface area contributed by atoms with Crippen LogP contribution in [0.15, 0.2) is 29.2 Å². The third-order valence-electron chi connectivity index (χ3n) is 4.76. The Kier molecular flexibility index (Phi) is 9.20. The monoisotopic (exact) mass is 433 g/mol. The number of nitrogens with one attached hydrogen (secondary N) is 1. The van der Waals surface area contributed by atoms with Crippen LogP contribution in [0.5, 0.6) is 5.75 Å². The second-order valence-corrected chi connectivity index (χ2v) is 11.2. The predicted octanol–water partition coefficient (Wildman–Crippen LogP) is 2.52. The van der Waals surface area contributed by atoms with Crippen LogP contribution >= 0.6 is 0 Å². The molecule has 1 N–H and O–H groups in total. The molecular formula is C19H31NO6S2. The summed E-state index contributed by atoms with van der Waals surface area (Å²) in [6.07, 6.45) is 6.86. The minimum absolute atomic E-state index is 0.0432. The maximum Gasteiger partial charge on any atom is 0.240 e. The largest absolute Gasteiger partial charge is 0.493 e. The summed E-state index contributed by atoms with van der Waals surface area (Å²) in [4.78, 5) is 0.147. The number of rotatable bonds is 12. The molecule has 0 atom stereocenters. The fraction of sp³-hybridized carbons (Fsp3) is 0.684. The molecule has 0 bridgehead atoms. The summed E-state index contributed by atoms with van der Waals surface area (Å²) in [5.74, 6) is 0.449. The van der Waals surface area contributed by atoms with Crippen molar-refractivity contribution in [3.8, 4) is 5.75 Å². The highest BCUT2D eigenvalue weighted by Crippen LogP contribution is 2.20. The van der Waals surface area contributed by atoms with Gasteiger partial charge in [-0.3, -0.25) is 0 Å². The molecule has 0 aromatic heterocycles. The standard InChI is InChI=1S/C19H31NO6S2/c1-2-27(21,22)16-15-26-18-9-11-19(12-10-18)28(23,24)20-13-6-14-25-17-7-4-3-5-8-17/h9-12,17,20H,2-8,13-16H2,1H3. The van der Waals surface area contributed by atoms with Crippen LogP contribution in [-0.4, -0.2) is 54.2 Å². The molecule has 0 aliphatic heterocycles. The lowest BCUT2D eigenvalue weighted by Gasteiger charge is -2.21. The van der Waals surface area contributed by atoms with E-state index in [1.54, 1.807) is 6.92 Å². The van der Waals surface area contributed by atoms with Crippen LogP contribution in [0.1, 0.15) is 45.4 Å². The highest BCUT2D eigenvalue weighted by atomic mass is 32.2. The lowest BCUT2D eigenvalue weighted by molar-refractivity contribution is 0.0278. The zero-order valence-corrected chi connectivity index (χ0v) is 18.1. The van der Waals surface area contributed by atoms with Crippen molar-refractivity contribution < 1.29 is 26.3 Å². The number of hydrogen-bond donors (Lipinski definition) is 1. The van der Waals surface area contributed by atoms with E-state index in [2.05, 4.69) is 4.72 Å². The van der Waals surface area contributed by atoms with E-state index in [1.807, 2.05) is 0 Å². The lowest BCUT2D eigenvalue weighted by atomic mass is 9.98. The smallest absolute Gasteiger partial charge is 0.240 e. The molecule has 0 spiro atoms. The van der Waals surface area contributed by atoms with E-state index in [9.17, 15) is 16.8 Å². The van der Waals surface area contributed by atoms with Crippen molar-refractivity contribution in [3.05, 3.63) is 24.3 Å². The summed E-state index contributed by atoms with van der Waals surface area (Å²) in [5, 5.41) is 0. The van der Waals surface area contributed by atoms with Crippen LogP contribution in [0.4, 0.5) is 0 Å². The van der Waals surface area contributed by atoms with Gasteiger partial charge in [-0.1, -0.05) is 26.2 Å². The zero-order chi connectivity index (χ0) is 20.5. The van der Waals surface area contributed by atoms with Crippen molar-refractivity contribution in [1.29, 1.82) is 0 Å². The number of benzene rings is 1. The predicted molar refractivity (Wildman–Crippen MR) is 109 cm³/mol. The van der Waals surface area contributed by atoms with Crippen LogP contribution < -0.4 is 9.46 Å². The molecule has 160 valence electrons. The van der Waals surface area contributed by atoms with Crippen LogP contribution in [-0.2, 0) is 24.6 Å². The summed E-state index contributed by atoms with van der Waals surface area (Å²) < 4.78 is 61.3. The maximum atomic E-state index is 12.3. The van der Waals surface area contributed by atoms with Gasteiger partial charge in [0.15, 0.2) is 9.84 Å². The minimum Gasteiger partial charge on any atom is -0.493 e. The molecular weight excluding hydrogens is 402 g/mol. The number of sulfone groups is 1. The summed E-state index contributed by atoms with van der Waals surface area (Å²) in [6, 6.07) is 5.95. The number of hydrogen-bond acceptors (Lipinski definition) is 6. The number of sulfonamides is 1. The first-order valence-corrected chi connectivity index (χ1v) is 13.2. The molecule has 0 radical (unpaired) electrons. The Hall–Kier alpha value is -1.16. The van der Waals surface area contributed by atoms with Gasteiger partial charge in [0.25, 0.3) is 0 Å². The molecule has 0 saturated heterocycles. The molecule has 0 amide bonds. The van der Waals surface area contributed by atoms with Crippen molar-refractivity contribution in [2.45, 2.75) is 56.4 Å². The normalized spacial score (nSPS) is 16.2. The third-order valence-corrected chi connectivity index (χ3v) is 7.90. The van der Waals surface area contributed by atoms with Crippen LogP contribution in [0.2, 0.25) is 0 Å². The third kappa shape index (κ3) is 8.06.